The third kappa shape index (κ3) is 2.43. The normalized spacial score (nSPS) is 28.3. The number of likely N-dealkylation sites (tertiary alicyclic amines) is 1. The number of nitrogens with zero attached hydrogens (tertiary/aromatic N) is 3. The van der Waals surface area contributed by atoms with Crippen LogP contribution in [0, 0.1) is 5.92 Å². The van der Waals surface area contributed by atoms with Gasteiger partial charge in [-0.2, -0.15) is 5.10 Å². The largest absolute Gasteiger partial charge is 0.467 e. The maximum atomic E-state index is 12.8. The molecule has 1 amide bonds. The first-order chi connectivity index (χ1) is 10.1. The Hall–Kier alpha value is -1.85. The molecule has 0 N–H and O–H groups in total. The number of esters is 1. The van der Waals surface area contributed by atoms with E-state index < -0.39 is 6.04 Å². The minimum absolute atomic E-state index is 0.104. The predicted molar refractivity (Wildman–Crippen MR) is 75.5 cm³/mol. The molecule has 21 heavy (non-hydrogen) atoms. The molecule has 6 heteroatoms. The highest BCUT2D eigenvalue weighted by Crippen LogP contribution is 2.40. The van der Waals surface area contributed by atoms with E-state index in [1.165, 1.54) is 13.5 Å². The molecule has 3 atom stereocenters. The molecule has 0 spiro atoms. The Labute approximate surface area is 124 Å². The van der Waals surface area contributed by atoms with Crippen molar-refractivity contribution in [2.24, 2.45) is 13.0 Å². The third-order valence-corrected chi connectivity index (χ3v) is 4.75. The van der Waals surface area contributed by atoms with Crippen molar-refractivity contribution in [3.8, 4) is 0 Å². The van der Waals surface area contributed by atoms with Crippen molar-refractivity contribution in [3.63, 3.8) is 0 Å². The first kappa shape index (κ1) is 14.1. The van der Waals surface area contributed by atoms with Gasteiger partial charge in [0.05, 0.1) is 18.9 Å². The van der Waals surface area contributed by atoms with Gasteiger partial charge in [0.15, 0.2) is 0 Å². The van der Waals surface area contributed by atoms with Gasteiger partial charge >= 0.3 is 5.97 Å². The molecule has 3 rings (SSSR count). The highest BCUT2D eigenvalue weighted by Gasteiger charge is 2.48. The second-order valence-electron chi connectivity index (χ2n) is 6.00. The summed E-state index contributed by atoms with van der Waals surface area (Å²) in [5.74, 6) is 0.0120. The fourth-order valence-corrected chi connectivity index (χ4v) is 3.78. The van der Waals surface area contributed by atoms with Crippen LogP contribution in [-0.4, -0.2) is 45.8 Å². The number of rotatable bonds is 2. The van der Waals surface area contributed by atoms with Crippen molar-refractivity contribution in [2.45, 2.75) is 44.2 Å². The van der Waals surface area contributed by atoms with Crippen LogP contribution in [0.25, 0.3) is 0 Å². The van der Waals surface area contributed by atoms with Crippen molar-refractivity contribution in [2.75, 3.05) is 7.11 Å². The number of fused-ring (bicyclic) bond motifs is 1. The van der Waals surface area contributed by atoms with Gasteiger partial charge in [0.1, 0.15) is 6.04 Å². The summed E-state index contributed by atoms with van der Waals surface area (Å²) in [6.45, 7) is 0. The zero-order valence-corrected chi connectivity index (χ0v) is 12.5. The summed E-state index contributed by atoms with van der Waals surface area (Å²) in [6, 6.07) is -0.286. The summed E-state index contributed by atoms with van der Waals surface area (Å²) < 4.78 is 6.51. The highest BCUT2D eigenvalue weighted by molar-refractivity contribution is 5.97. The van der Waals surface area contributed by atoms with Gasteiger partial charge in [0.25, 0.3) is 5.91 Å². The lowest BCUT2D eigenvalue weighted by molar-refractivity contribution is -0.145. The SMILES string of the molecule is COC(=O)[C@@H]1C[C@@H]2CCCC[C@@H]2N1C(=O)c1cnn(C)c1. The molecule has 0 bridgehead atoms. The van der Waals surface area contributed by atoms with Gasteiger partial charge in [-0.05, 0) is 25.2 Å². The number of aromatic nitrogens is 2. The second kappa shape index (κ2) is 5.50. The molecule has 1 saturated heterocycles. The van der Waals surface area contributed by atoms with Gasteiger partial charge in [-0.15, -0.1) is 0 Å². The van der Waals surface area contributed by atoms with Crippen LogP contribution >= 0.6 is 0 Å². The van der Waals surface area contributed by atoms with Crippen molar-refractivity contribution in [3.05, 3.63) is 18.0 Å². The van der Waals surface area contributed by atoms with Crippen LogP contribution in [0.5, 0.6) is 0 Å². The molecule has 1 aliphatic heterocycles. The number of hydrogen-bond acceptors (Lipinski definition) is 4. The molecule has 1 saturated carbocycles. The summed E-state index contributed by atoms with van der Waals surface area (Å²) in [7, 11) is 3.17. The summed E-state index contributed by atoms with van der Waals surface area (Å²) in [4.78, 5) is 26.6. The Balaban J connectivity index is 1.90. The topological polar surface area (TPSA) is 64.4 Å². The molecular weight excluding hydrogens is 270 g/mol. The Bertz CT molecular complexity index is 554. The Kier molecular flexibility index (Phi) is 3.69. The van der Waals surface area contributed by atoms with Crippen molar-refractivity contribution < 1.29 is 14.3 Å². The van der Waals surface area contributed by atoms with Crippen LogP contribution < -0.4 is 0 Å². The number of ether oxygens (including phenoxy) is 1. The average molecular weight is 291 g/mol. The molecule has 2 aliphatic rings. The lowest BCUT2D eigenvalue weighted by atomic mass is 9.84. The van der Waals surface area contributed by atoms with E-state index in [1.807, 2.05) is 0 Å². The van der Waals surface area contributed by atoms with Crippen LogP contribution in [0.3, 0.4) is 0 Å². The van der Waals surface area contributed by atoms with Gasteiger partial charge in [-0.1, -0.05) is 12.8 Å². The molecule has 1 aromatic rings. The molecule has 6 nitrogen and oxygen atoms in total. The number of carbonyl (C=O) groups excluding carboxylic acids is 2. The van der Waals surface area contributed by atoms with Crippen molar-refractivity contribution in [1.29, 1.82) is 0 Å². The lowest BCUT2D eigenvalue weighted by Crippen LogP contribution is -2.46. The molecule has 1 aromatic heterocycles. The van der Waals surface area contributed by atoms with E-state index in [2.05, 4.69) is 5.10 Å². The van der Waals surface area contributed by atoms with Crippen LogP contribution in [0.1, 0.15) is 42.5 Å². The lowest BCUT2D eigenvalue weighted by Gasteiger charge is -2.33. The zero-order valence-electron chi connectivity index (χ0n) is 12.5. The van der Waals surface area contributed by atoms with Crippen LogP contribution in [0.15, 0.2) is 12.4 Å². The minimum Gasteiger partial charge on any atom is -0.467 e. The maximum Gasteiger partial charge on any atom is 0.328 e. The number of amides is 1. The van der Waals surface area contributed by atoms with Gasteiger partial charge in [-0.3, -0.25) is 9.48 Å². The van der Waals surface area contributed by atoms with Gasteiger partial charge in [-0.25, -0.2) is 4.79 Å². The highest BCUT2D eigenvalue weighted by atomic mass is 16.5. The molecular formula is C15H21N3O3. The quantitative estimate of drug-likeness (QED) is 0.772. The third-order valence-electron chi connectivity index (χ3n) is 4.75. The molecule has 1 aliphatic carbocycles. The van der Waals surface area contributed by atoms with E-state index in [1.54, 1.807) is 29.0 Å². The van der Waals surface area contributed by atoms with E-state index in [4.69, 9.17) is 4.74 Å². The summed E-state index contributed by atoms with van der Waals surface area (Å²) in [5, 5.41) is 4.06. The second-order valence-corrected chi connectivity index (χ2v) is 6.00. The standard InChI is InChI=1S/C15H21N3O3/c1-17-9-11(8-16-17)14(19)18-12-6-4-3-5-10(12)7-13(18)15(20)21-2/h8-10,12-13H,3-7H2,1-2H3/t10-,12-,13-/m0/s1. The summed E-state index contributed by atoms with van der Waals surface area (Å²) in [5.41, 5.74) is 0.539. The molecule has 114 valence electrons. The number of carbonyl (C=O) groups is 2. The first-order valence-electron chi connectivity index (χ1n) is 7.51. The number of hydrogen-bond donors (Lipinski definition) is 0. The average Bonchev–Trinajstić information content (AvgIpc) is 3.09. The van der Waals surface area contributed by atoms with Crippen molar-refractivity contribution >= 4 is 11.9 Å². The Morgan fingerprint density at radius 2 is 2.10 bits per heavy atom. The van der Waals surface area contributed by atoms with E-state index in [0.717, 1.165) is 25.7 Å². The molecule has 0 aromatic carbocycles. The molecule has 0 unspecified atom stereocenters. The van der Waals surface area contributed by atoms with Crippen LogP contribution in [-0.2, 0) is 16.6 Å². The maximum absolute atomic E-state index is 12.8. The summed E-state index contributed by atoms with van der Waals surface area (Å²) in [6.07, 6.45) is 8.36. The molecule has 0 radical (unpaired) electrons. The number of methoxy groups -OCH3 is 1. The Morgan fingerprint density at radius 1 is 1.33 bits per heavy atom. The number of aryl methyl sites for hydroxylation is 1. The first-order valence-corrected chi connectivity index (χ1v) is 7.51. The zero-order chi connectivity index (χ0) is 15.0. The van der Waals surface area contributed by atoms with Crippen molar-refractivity contribution in [1.82, 2.24) is 14.7 Å². The van der Waals surface area contributed by atoms with Gasteiger partial charge in [0, 0.05) is 19.3 Å². The fourth-order valence-electron chi connectivity index (χ4n) is 3.78. The van der Waals surface area contributed by atoms with Gasteiger partial charge in [0.2, 0.25) is 0 Å². The van der Waals surface area contributed by atoms with E-state index >= 15 is 0 Å². The van der Waals surface area contributed by atoms with E-state index in [-0.39, 0.29) is 17.9 Å². The Morgan fingerprint density at radius 3 is 2.76 bits per heavy atom. The molecule has 2 fully saturated rings. The molecule has 2 heterocycles. The smallest absolute Gasteiger partial charge is 0.328 e. The van der Waals surface area contributed by atoms with Gasteiger partial charge < -0.3 is 9.64 Å². The summed E-state index contributed by atoms with van der Waals surface area (Å²) >= 11 is 0. The monoisotopic (exact) mass is 291 g/mol. The minimum atomic E-state index is -0.448. The van der Waals surface area contributed by atoms with E-state index in [9.17, 15) is 9.59 Å². The van der Waals surface area contributed by atoms with E-state index in [0.29, 0.717) is 11.5 Å². The fraction of sp³-hybridized carbons (Fsp3) is 0.667. The van der Waals surface area contributed by atoms with Crippen LogP contribution in [0.2, 0.25) is 0 Å². The van der Waals surface area contributed by atoms with Crippen LogP contribution in [0.4, 0.5) is 0 Å². The predicted octanol–water partition coefficient (Wildman–Crippen LogP) is 1.37.